The van der Waals surface area contributed by atoms with Crippen molar-refractivity contribution in [2.24, 2.45) is 0 Å². The number of hydrogen-bond donors (Lipinski definition) is 1. The zero-order valence-electron chi connectivity index (χ0n) is 18.8. The van der Waals surface area contributed by atoms with Crippen molar-refractivity contribution in [2.75, 3.05) is 39.7 Å². The fourth-order valence-electron chi connectivity index (χ4n) is 3.27. The number of hydrogen-bond acceptors (Lipinski definition) is 5. The van der Waals surface area contributed by atoms with E-state index in [0.29, 0.717) is 34.9 Å². The molecule has 164 valence electrons. The molecule has 0 heterocycles. The standard InChI is InChI=1S/C26H27N3O3/c1-18-15-19(17-27)5-11-23(18)20-6-8-21(9-7-20)26(30)28-22-10-12-24(31-4)25(16-22)32-14-13-29(2)3/h5-12,15-16H,13-14H2,1-4H3,(H,28,30). The number of benzene rings is 3. The summed E-state index contributed by atoms with van der Waals surface area (Å²) in [6.07, 6.45) is 0. The van der Waals surface area contributed by atoms with E-state index >= 15 is 0 Å². The van der Waals surface area contributed by atoms with Crippen molar-refractivity contribution < 1.29 is 14.3 Å². The number of ether oxygens (including phenoxy) is 2. The van der Waals surface area contributed by atoms with E-state index in [-0.39, 0.29) is 5.91 Å². The Morgan fingerprint density at radius 1 is 1.03 bits per heavy atom. The van der Waals surface area contributed by atoms with Crippen molar-refractivity contribution in [3.8, 4) is 28.7 Å². The molecule has 0 unspecified atom stereocenters. The monoisotopic (exact) mass is 429 g/mol. The Morgan fingerprint density at radius 3 is 2.41 bits per heavy atom. The van der Waals surface area contributed by atoms with Gasteiger partial charge in [-0.05, 0) is 74.1 Å². The van der Waals surface area contributed by atoms with Gasteiger partial charge in [0.15, 0.2) is 11.5 Å². The molecule has 0 radical (unpaired) electrons. The van der Waals surface area contributed by atoms with Crippen molar-refractivity contribution in [2.45, 2.75) is 6.92 Å². The molecule has 6 nitrogen and oxygen atoms in total. The second-order valence-corrected chi connectivity index (χ2v) is 7.69. The van der Waals surface area contributed by atoms with Crippen LogP contribution in [-0.4, -0.2) is 45.2 Å². The highest BCUT2D eigenvalue weighted by Crippen LogP contribution is 2.30. The highest BCUT2D eigenvalue weighted by Gasteiger charge is 2.11. The summed E-state index contributed by atoms with van der Waals surface area (Å²) in [5, 5.41) is 12.0. The van der Waals surface area contributed by atoms with Gasteiger partial charge in [0.1, 0.15) is 6.61 Å². The summed E-state index contributed by atoms with van der Waals surface area (Å²) < 4.78 is 11.2. The number of methoxy groups -OCH3 is 1. The quantitative estimate of drug-likeness (QED) is 0.560. The minimum atomic E-state index is -0.211. The first-order valence-corrected chi connectivity index (χ1v) is 10.3. The number of carbonyl (C=O) groups is 1. The van der Waals surface area contributed by atoms with Crippen LogP contribution in [-0.2, 0) is 0 Å². The van der Waals surface area contributed by atoms with Gasteiger partial charge in [-0.15, -0.1) is 0 Å². The van der Waals surface area contributed by atoms with Crippen LogP contribution in [0.4, 0.5) is 5.69 Å². The van der Waals surface area contributed by atoms with Crippen molar-refractivity contribution in [1.82, 2.24) is 4.90 Å². The molecule has 0 atom stereocenters. The third-order valence-electron chi connectivity index (χ3n) is 5.03. The number of rotatable bonds is 8. The molecule has 0 bridgehead atoms. The Labute approximate surface area is 189 Å². The van der Waals surface area contributed by atoms with E-state index in [1.165, 1.54) is 0 Å². The number of likely N-dealkylation sites (N-methyl/N-ethyl adjacent to an activating group) is 1. The number of nitrogens with one attached hydrogen (secondary N) is 1. The predicted octanol–water partition coefficient (Wildman–Crippen LogP) is 4.74. The van der Waals surface area contributed by atoms with E-state index in [4.69, 9.17) is 14.7 Å². The number of amides is 1. The lowest BCUT2D eigenvalue weighted by Gasteiger charge is -2.15. The second-order valence-electron chi connectivity index (χ2n) is 7.69. The van der Waals surface area contributed by atoms with Crippen LogP contribution in [0, 0.1) is 18.3 Å². The Kier molecular flexibility index (Phi) is 7.48. The molecule has 0 saturated carbocycles. The van der Waals surface area contributed by atoms with E-state index in [2.05, 4.69) is 11.4 Å². The van der Waals surface area contributed by atoms with E-state index in [9.17, 15) is 4.79 Å². The van der Waals surface area contributed by atoms with Gasteiger partial charge in [-0.25, -0.2) is 0 Å². The molecule has 0 saturated heterocycles. The van der Waals surface area contributed by atoms with Gasteiger partial charge in [0, 0.05) is 23.9 Å². The summed E-state index contributed by atoms with van der Waals surface area (Å²) in [5.41, 5.74) is 4.84. The average molecular weight is 430 g/mol. The predicted molar refractivity (Wildman–Crippen MR) is 126 cm³/mol. The lowest BCUT2D eigenvalue weighted by molar-refractivity contribution is 0.102. The van der Waals surface area contributed by atoms with Crippen LogP contribution in [0.1, 0.15) is 21.5 Å². The number of anilines is 1. The van der Waals surface area contributed by atoms with Crippen LogP contribution in [0.5, 0.6) is 11.5 Å². The molecule has 6 heteroatoms. The van der Waals surface area contributed by atoms with Crippen molar-refractivity contribution in [3.05, 3.63) is 77.4 Å². The summed E-state index contributed by atoms with van der Waals surface area (Å²) in [4.78, 5) is 14.8. The molecule has 0 aliphatic rings. The Balaban J connectivity index is 1.72. The zero-order valence-corrected chi connectivity index (χ0v) is 18.8. The Morgan fingerprint density at radius 2 is 1.78 bits per heavy atom. The zero-order chi connectivity index (χ0) is 23.1. The summed E-state index contributed by atoms with van der Waals surface area (Å²) >= 11 is 0. The molecule has 0 aliphatic heterocycles. The lowest BCUT2D eigenvalue weighted by atomic mass is 9.98. The SMILES string of the molecule is COc1ccc(NC(=O)c2ccc(-c3ccc(C#N)cc3C)cc2)cc1OCCN(C)C. The molecule has 32 heavy (non-hydrogen) atoms. The van der Waals surface area contributed by atoms with Gasteiger partial charge in [-0.1, -0.05) is 18.2 Å². The van der Waals surface area contributed by atoms with Crippen molar-refractivity contribution >= 4 is 11.6 Å². The van der Waals surface area contributed by atoms with Crippen molar-refractivity contribution in [3.63, 3.8) is 0 Å². The van der Waals surface area contributed by atoms with Crippen LogP contribution in [0.2, 0.25) is 0 Å². The first kappa shape index (κ1) is 22.9. The topological polar surface area (TPSA) is 74.6 Å². The van der Waals surface area contributed by atoms with E-state index < -0.39 is 0 Å². The number of nitriles is 1. The fraction of sp³-hybridized carbons (Fsp3) is 0.231. The lowest BCUT2D eigenvalue weighted by Crippen LogP contribution is -2.19. The summed E-state index contributed by atoms with van der Waals surface area (Å²) in [6, 6.07) is 20.5. The second kappa shape index (κ2) is 10.5. The molecular formula is C26H27N3O3. The molecule has 0 aliphatic carbocycles. The van der Waals surface area contributed by atoms with Crippen LogP contribution < -0.4 is 14.8 Å². The van der Waals surface area contributed by atoms with Gasteiger partial charge in [0.25, 0.3) is 5.91 Å². The van der Waals surface area contributed by atoms with Crippen LogP contribution in [0.15, 0.2) is 60.7 Å². The molecule has 1 N–H and O–H groups in total. The van der Waals surface area contributed by atoms with Gasteiger partial charge in [0.2, 0.25) is 0 Å². The number of aryl methyl sites for hydroxylation is 1. The van der Waals surface area contributed by atoms with Gasteiger partial charge in [-0.2, -0.15) is 5.26 Å². The van der Waals surface area contributed by atoms with Gasteiger partial charge >= 0.3 is 0 Å². The van der Waals surface area contributed by atoms with E-state index in [0.717, 1.165) is 23.2 Å². The largest absolute Gasteiger partial charge is 0.493 e. The molecular weight excluding hydrogens is 402 g/mol. The van der Waals surface area contributed by atoms with Crippen LogP contribution in [0.25, 0.3) is 11.1 Å². The van der Waals surface area contributed by atoms with Gasteiger partial charge < -0.3 is 19.7 Å². The maximum atomic E-state index is 12.8. The third-order valence-corrected chi connectivity index (χ3v) is 5.03. The fourth-order valence-corrected chi connectivity index (χ4v) is 3.27. The van der Waals surface area contributed by atoms with Gasteiger partial charge in [-0.3, -0.25) is 4.79 Å². The summed E-state index contributed by atoms with van der Waals surface area (Å²) in [5.74, 6) is 0.986. The maximum Gasteiger partial charge on any atom is 0.255 e. The number of nitrogens with zero attached hydrogens (tertiary/aromatic N) is 2. The number of carbonyl (C=O) groups excluding carboxylic acids is 1. The molecule has 3 aromatic rings. The highest BCUT2D eigenvalue weighted by molar-refractivity contribution is 6.04. The van der Waals surface area contributed by atoms with Crippen LogP contribution >= 0.6 is 0 Å². The van der Waals surface area contributed by atoms with Crippen molar-refractivity contribution in [1.29, 1.82) is 5.26 Å². The van der Waals surface area contributed by atoms with E-state index in [1.54, 1.807) is 43.5 Å². The van der Waals surface area contributed by atoms with Gasteiger partial charge in [0.05, 0.1) is 18.7 Å². The molecule has 0 fully saturated rings. The summed E-state index contributed by atoms with van der Waals surface area (Å²) in [6.45, 7) is 3.25. The molecule has 1 amide bonds. The third kappa shape index (κ3) is 5.65. The molecule has 0 aromatic heterocycles. The Bertz CT molecular complexity index is 1130. The highest BCUT2D eigenvalue weighted by atomic mass is 16.5. The maximum absolute atomic E-state index is 12.8. The van der Waals surface area contributed by atoms with Crippen LogP contribution in [0.3, 0.4) is 0 Å². The Hall–Kier alpha value is -3.82. The first-order valence-electron chi connectivity index (χ1n) is 10.3. The normalized spacial score (nSPS) is 10.5. The average Bonchev–Trinajstić information content (AvgIpc) is 2.79. The molecule has 3 rings (SSSR count). The first-order chi connectivity index (χ1) is 15.4. The smallest absolute Gasteiger partial charge is 0.255 e. The minimum absolute atomic E-state index is 0.211. The minimum Gasteiger partial charge on any atom is -0.493 e. The molecule has 0 spiro atoms. The summed E-state index contributed by atoms with van der Waals surface area (Å²) in [7, 11) is 5.54. The van der Waals surface area contributed by atoms with E-state index in [1.807, 2.05) is 50.2 Å². The molecule has 3 aromatic carbocycles.